The van der Waals surface area contributed by atoms with E-state index in [1.54, 1.807) is 0 Å². The maximum Gasteiger partial charge on any atom is 0.323 e. The van der Waals surface area contributed by atoms with Gasteiger partial charge in [0.25, 0.3) is 0 Å². The summed E-state index contributed by atoms with van der Waals surface area (Å²) < 4.78 is 0. The van der Waals surface area contributed by atoms with Crippen molar-refractivity contribution < 1.29 is 29.4 Å². The van der Waals surface area contributed by atoms with Crippen molar-refractivity contribution in [2.75, 3.05) is 34.6 Å². The molecule has 4 aromatic carbocycles. The Morgan fingerprint density at radius 1 is 0.694 bits per heavy atom. The Morgan fingerprint density at radius 3 is 1.39 bits per heavy atom. The van der Waals surface area contributed by atoms with Gasteiger partial charge in [-0.05, 0) is 81.6 Å². The lowest BCUT2D eigenvalue weighted by Gasteiger charge is -2.30. The summed E-state index contributed by atoms with van der Waals surface area (Å²) in [5.41, 5.74) is 4.56. The number of allylic oxidation sites excluding steroid dienone is 2. The van der Waals surface area contributed by atoms with Crippen molar-refractivity contribution in [2.24, 2.45) is 0 Å². The number of carbonyl (C=O) groups excluding carboxylic acids is 2. The predicted molar refractivity (Wildman–Crippen MR) is 188 cm³/mol. The lowest BCUT2D eigenvalue weighted by Crippen LogP contribution is -2.39. The van der Waals surface area contributed by atoms with Crippen LogP contribution in [0.3, 0.4) is 0 Å². The molecule has 0 aromatic heterocycles. The van der Waals surface area contributed by atoms with Gasteiger partial charge >= 0.3 is 11.9 Å². The van der Waals surface area contributed by atoms with Crippen LogP contribution in [-0.2, 0) is 30.3 Å². The number of hydrogen-bond acceptors (Lipinski definition) is 7. The molecule has 248 valence electrons. The number of hydrogen-bond donors (Lipinski definition) is 3. The molecule has 9 nitrogen and oxygen atoms in total. The molecule has 2 saturated heterocycles. The van der Waals surface area contributed by atoms with Crippen LogP contribution < -0.4 is 15.1 Å². The van der Waals surface area contributed by atoms with Gasteiger partial charge in [0.1, 0.15) is 36.4 Å². The predicted octanol–water partition coefficient (Wildman–Crippen LogP) is 6.15. The van der Waals surface area contributed by atoms with Gasteiger partial charge in [0.2, 0.25) is 0 Å². The van der Waals surface area contributed by atoms with E-state index in [4.69, 9.17) is 23.2 Å². The summed E-state index contributed by atoms with van der Waals surface area (Å²) >= 11 is 12.9. The smallest absolute Gasteiger partial charge is 0.323 e. The van der Waals surface area contributed by atoms with Gasteiger partial charge in [-0.2, -0.15) is 0 Å². The monoisotopic (exact) mass is 695 g/mol. The van der Waals surface area contributed by atoms with E-state index < -0.39 is 34.9 Å². The fraction of sp³-hybridized carbons (Fsp3) is 0.316. The first-order chi connectivity index (χ1) is 23.7. The molecule has 0 radical (unpaired) electrons. The highest BCUT2D eigenvalue weighted by molar-refractivity contribution is 6.20. The first kappa shape index (κ1) is 31.6. The number of carboxylic acid groups (broad SMARTS) is 2. The maximum absolute atomic E-state index is 12.3. The fourth-order valence-corrected chi connectivity index (χ4v) is 9.90. The Balaban J connectivity index is 1.31. The Bertz CT molecular complexity index is 2060. The van der Waals surface area contributed by atoms with E-state index in [0.717, 1.165) is 69.5 Å². The van der Waals surface area contributed by atoms with Crippen LogP contribution in [0.4, 0.5) is 11.4 Å². The maximum atomic E-state index is 12.3. The molecule has 49 heavy (non-hydrogen) atoms. The zero-order chi connectivity index (χ0) is 34.2. The highest BCUT2D eigenvalue weighted by atomic mass is 35.5. The van der Waals surface area contributed by atoms with Gasteiger partial charge in [-0.25, -0.2) is 9.59 Å². The number of carbonyl (C=O) groups is 2. The second-order valence-corrected chi connectivity index (χ2v) is 14.1. The van der Waals surface area contributed by atoms with Gasteiger partial charge in [0.05, 0.1) is 11.8 Å². The van der Waals surface area contributed by atoms with Crippen molar-refractivity contribution >= 4 is 79.9 Å². The molecule has 2 atom stereocenters. The molecule has 0 unspecified atom stereocenters. The van der Waals surface area contributed by atoms with Gasteiger partial charge in [0, 0.05) is 34.2 Å². The summed E-state index contributed by atoms with van der Waals surface area (Å²) in [6, 6.07) is 20.1. The average Bonchev–Trinajstić information content (AvgIpc) is 3.84. The molecule has 0 spiro atoms. The van der Waals surface area contributed by atoms with E-state index in [-0.39, 0.29) is 36.2 Å². The van der Waals surface area contributed by atoms with Crippen molar-refractivity contribution in [3.8, 4) is 0 Å². The third kappa shape index (κ3) is 4.44. The first-order valence-electron chi connectivity index (χ1n) is 16.2. The van der Waals surface area contributed by atoms with Crippen LogP contribution in [-0.4, -0.2) is 58.9 Å². The lowest BCUT2D eigenvalue weighted by molar-refractivity contribution is -0.136. The summed E-state index contributed by atoms with van der Waals surface area (Å²) in [5.74, 6) is 1.12. The summed E-state index contributed by atoms with van der Waals surface area (Å²) in [7, 11) is 0. The highest BCUT2D eigenvalue weighted by Gasteiger charge is 2.57. The van der Waals surface area contributed by atoms with E-state index >= 15 is 0 Å². The molecule has 11 heteroatoms. The summed E-state index contributed by atoms with van der Waals surface area (Å²) in [6.45, 7) is -0.775. The number of halogens is 2. The number of aliphatic carboxylic acids is 2. The molecule has 0 saturated carbocycles. The van der Waals surface area contributed by atoms with E-state index in [2.05, 4.69) is 17.4 Å². The molecule has 4 aromatic rings. The van der Waals surface area contributed by atoms with Crippen LogP contribution in [0.1, 0.15) is 59.8 Å². The molecule has 4 aliphatic rings. The van der Waals surface area contributed by atoms with Crippen LogP contribution >= 0.6 is 23.2 Å². The van der Waals surface area contributed by atoms with Gasteiger partial charge in [0.15, 0.2) is 0 Å². The highest BCUT2D eigenvalue weighted by Crippen LogP contribution is 2.60. The topological polar surface area (TPSA) is 127 Å². The Kier molecular flexibility index (Phi) is 7.41. The number of nitrogens with one attached hydrogen (secondary N) is 1. The minimum atomic E-state index is -1.06. The summed E-state index contributed by atoms with van der Waals surface area (Å²) in [6.07, 6.45) is 3.16. The number of rotatable bonds is 8. The molecule has 0 amide bonds. The van der Waals surface area contributed by atoms with E-state index in [9.17, 15) is 29.4 Å². The third-order valence-electron chi connectivity index (χ3n) is 11.2. The Hall–Kier alpha value is -4.62. The largest absolute Gasteiger partial charge is 0.480 e. The minimum absolute atomic E-state index is 0.111. The SMILES string of the molecule is O=C=C1[C@@H](CCl)c2c(cc(C34CCC(c5cc6c(c7ccccc57)[C@H](CCl)C(=C=O)N6CC(=O)O)(CC3)N4)c3ccccc23)N1CC(=O)O. The summed E-state index contributed by atoms with van der Waals surface area (Å²) in [4.78, 5) is 51.6. The third-order valence-corrected chi connectivity index (χ3v) is 11.8. The van der Waals surface area contributed by atoms with Crippen molar-refractivity contribution in [3.63, 3.8) is 0 Å². The van der Waals surface area contributed by atoms with E-state index in [0.29, 0.717) is 11.4 Å². The lowest BCUT2D eigenvalue weighted by atomic mass is 9.73. The second-order valence-electron chi connectivity index (χ2n) is 13.4. The zero-order valence-electron chi connectivity index (χ0n) is 26.3. The van der Waals surface area contributed by atoms with Crippen LogP contribution in [0, 0.1) is 0 Å². The molecule has 2 bridgehead atoms. The fourth-order valence-electron chi connectivity index (χ4n) is 9.30. The normalized spacial score (nSPS) is 25.2. The van der Waals surface area contributed by atoms with Crippen molar-refractivity contribution in [1.82, 2.24) is 5.32 Å². The number of carboxylic acids is 2. The van der Waals surface area contributed by atoms with E-state index in [1.165, 1.54) is 9.80 Å². The first-order valence-corrected chi connectivity index (χ1v) is 17.3. The molecular formula is C38H31Cl2N3O6. The Morgan fingerprint density at radius 2 is 1.06 bits per heavy atom. The van der Waals surface area contributed by atoms with Crippen LogP contribution in [0.25, 0.3) is 21.5 Å². The Labute approximate surface area is 291 Å². The molecule has 2 fully saturated rings. The zero-order valence-corrected chi connectivity index (χ0v) is 27.8. The van der Waals surface area contributed by atoms with Crippen molar-refractivity contribution in [3.05, 3.63) is 94.3 Å². The molecule has 0 aliphatic carbocycles. The van der Waals surface area contributed by atoms with Crippen LogP contribution in [0.2, 0.25) is 0 Å². The number of nitrogens with zero attached hydrogens (tertiary/aromatic N) is 2. The minimum Gasteiger partial charge on any atom is -0.480 e. The molecule has 8 rings (SSSR count). The van der Waals surface area contributed by atoms with Crippen LogP contribution in [0.15, 0.2) is 72.1 Å². The number of fused-ring (bicyclic) bond motifs is 8. The van der Waals surface area contributed by atoms with Gasteiger partial charge in [-0.15, -0.1) is 23.2 Å². The van der Waals surface area contributed by atoms with Gasteiger partial charge in [-0.3, -0.25) is 14.9 Å². The number of benzene rings is 4. The second kappa shape index (κ2) is 11.5. The van der Waals surface area contributed by atoms with Gasteiger partial charge in [-0.1, -0.05) is 48.5 Å². The standard InChI is InChI=1S/C38H31Cl2N3O6/c39-15-25-31(19-44)42(17-33(46)47)29-13-27(21-5-1-3-7-23(21)35(25)29)37-9-11-38(41-37,12-10-37)28-14-30-36(24-8-4-2-6-22(24)28)26(16-40)32(20-45)43(30)18-34(48)49/h1-8,13-14,25-26,41H,9-12,15-18H2,(H,46,47)(H,48,49)/t25-,26-,37?,38?/m1/s1. The van der Waals surface area contributed by atoms with E-state index in [1.807, 2.05) is 60.4 Å². The van der Waals surface area contributed by atoms with Crippen molar-refractivity contribution in [2.45, 2.75) is 48.6 Å². The molecule has 3 N–H and O–H groups in total. The number of alkyl halides is 2. The molecule has 4 aliphatic heterocycles. The quantitative estimate of drug-likeness (QED) is 0.147. The van der Waals surface area contributed by atoms with Crippen LogP contribution in [0.5, 0.6) is 0 Å². The summed E-state index contributed by atoms with van der Waals surface area (Å²) in [5, 5.41) is 27.6. The van der Waals surface area contributed by atoms with Gasteiger partial charge < -0.3 is 20.0 Å². The number of anilines is 2. The average molecular weight is 697 g/mol. The van der Waals surface area contributed by atoms with Crippen molar-refractivity contribution in [1.29, 1.82) is 0 Å². The molecular weight excluding hydrogens is 665 g/mol. The molecule has 4 heterocycles.